The Bertz CT molecular complexity index is 1410. The summed E-state index contributed by atoms with van der Waals surface area (Å²) in [5.41, 5.74) is 10.1. The highest BCUT2D eigenvalue weighted by atomic mass is 14.2. The zero-order chi connectivity index (χ0) is 25.2. The third-order valence-corrected chi connectivity index (χ3v) is 6.26. The predicted molar refractivity (Wildman–Crippen MR) is 163 cm³/mol. The van der Waals surface area contributed by atoms with Crippen LogP contribution in [0.1, 0.15) is 40.2 Å². The van der Waals surface area contributed by atoms with E-state index < -0.39 is 0 Å². The second-order valence-electron chi connectivity index (χ2n) is 8.65. The van der Waals surface area contributed by atoms with Gasteiger partial charge in [0, 0.05) is 0 Å². The molecule has 0 atom stereocenters. The van der Waals surface area contributed by atoms with Crippen molar-refractivity contribution in [1.82, 2.24) is 0 Å². The van der Waals surface area contributed by atoms with Gasteiger partial charge in [-0.15, -0.1) is 0 Å². The molecule has 0 amide bonds. The van der Waals surface area contributed by atoms with Gasteiger partial charge in [-0.2, -0.15) is 0 Å². The van der Waals surface area contributed by atoms with E-state index in [1.54, 1.807) is 0 Å². The highest BCUT2D eigenvalue weighted by molar-refractivity contribution is 5.88. The molecule has 2 aromatic rings. The van der Waals surface area contributed by atoms with Crippen molar-refractivity contribution in [3.63, 3.8) is 0 Å². The van der Waals surface area contributed by atoms with Crippen LogP contribution in [0.3, 0.4) is 0 Å². The van der Waals surface area contributed by atoms with E-state index in [9.17, 15) is 0 Å². The Hall–Kier alpha value is -3.90. The maximum atomic E-state index is 4.00. The van der Waals surface area contributed by atoms with E-state index in [0.29, 0.717) is 0 Å². The number of hydrogen-bond acceptors (Lipinski definition) is 0. The van der Waals surface area contributed by atoms with Gasteiger partial charge >= 0.3 is 0 Å². The minimum Gasteiger partial charge on any atom is -0.0991 e. The van der Waals surface area contributed by atoms with Crippen molar-refractivity contribution >= 4 is 11.1 Å². The Kier molecular flexibility index (Phi) is 10.9. The third kappa shape index (κ3) is 6.40. The van der Waals surface area contributed by atoms with Gasteiger partial charge < -0.3 is 0 Å². The number of fused-ring (bicyclic) bond motifs is 1. The molecule has 0 aromatic heterocycles. The van der Waals surface area contributed by atoms with Gasteiger partial charge in [0.25, 0.3) is 0 Å². The summed E-state index contributed by atoms with van der Waals surface area (Å²) in [5, 5.41) is 2.54. The van der Waals surface area contributed by atoms with Crippen LogP contribution in [-0.4, -0.2) is 0 Å². The fourth-order valence-corrected chi connectivity index (χ4v) is 4.54. The minimum atomic E-state index is 0. The van der Waals surface area contributed by atoms with Gasteiger partial charge in [-0.05, 0) is 95.2 Å². The van der Waals surface area contributed by atoms with Crippen LogP contribution < -0.4 is 10.4 Å². The number of hydrogen-bond donors (Lipinski definition) is 0. The lowest BCUT2D eigenvalue weighted by Gasteiger charge is -2.23. The van der Waals surface area contributed by atoms with Crippen molar-refractivity contribution in [3.8, 4) is 11.1 Å². The highest BCUT2D eigenvalue weighted by Gasteiger charge is 2.19. The van der Waals surface area contributed by atoms with Gasteiger partial charge in [0.15, 0.2) is 0 Å². The van der Waals surface area contributed by atoms with Crippen LogP contribution >= 0.6 is 0 Å². The topological polar surface area (TPSA) is 0 Å². The fraction of sp³-hybridized carbons (Fsp3) is 0.167. The van der Waals surface area contributed by atoms with Gasteiger partial charge in [-0.25, -0.2) is 0 Å². The molecule has 1 aliphatic carbocycles. The van der Waals surface area contributed by atoms with E-state index in [2.05, 4.69) is 132 Å². The SMILES string of the molecule is C.C=C/C=C\C(=C/C=C)C1=c2cc(-c3ccccc3C)ccc2=C(/C(C)=C/C=C\C)C/C1=C\C=C/C. The maximum Gasteiger partial charge on any atom is -0.00106 e. The molecular weight excluding hydrogens is 432 g/mol. The lowest BCUT2D eigenvalue weighted by molar-refractivity contribution is 1.21. The molecule has 0 aliphatic heterocycles. The Morgan fingerprint density at radius 2 is 1.61 bits per heavy atom. The average molecular weight is 473 g/mol. The van der Waals surface area contributed by atoms with Crippen LogP contribution in [0.5, 0.6) is 0 Å². The second kappa shape index (κ2) is 13.9. The first kappa shape index (κ1) is 28.3. The molecule has 184 valence electrons. The first-order chi connectivity index (χ1) is 17.0. The van der Waals surface area contributed by atoms with Crippen LogP contribution in [0.4, 0.5) is 0 Å². The van der Waals surface area contributed by atoms with Gasteiger partial charge in [-0.3, -0.25) is 0 Å². The lowest BCUT2D eigenvalue weighted by atomic mass is 9.81. The Morgan fingerprint density at radius 3 is 2.28 bits per heavy atom. The average Bonchev–Trinajstić information content (AvgIpc) is 2.88. The van der Waals surface area contributed by atoms with Crippen molar-refractivity contribution in [2.24, 2.45) is 0 Å². The highest BCUT2D eigenvalue weighted by Crippen LogP contribution is 2.32. The van der Waals surface area contributed by atoms with Crippen LogP contribution in [0.2, 0.25) is 0 Å². The van der Waals surface area contributed by atoms with E-state index >= 15 is 0 Å². The zero-order valence-corrected chi connectivity index (χ0v) is 21.5. The van der Waals surface area contributed by atoms with Crippen LogP contribution in [0, 0.1) is 6.92 Å². The van der Waals surface area contributed by atoms with E-state index in [4.69, 9.17) is 0 Å². The molecule has 1 aliphatic rings. The summed E-state index contributed by atoms with van der Waals surface area (Å²) < 4.78 is 0. The van der Waals surface area contributed by atoms with Gasteiger partial charge in [0.2, 0.25) is 0 Å². The van der Waals surface area contributed by atoms with E-state index in [1.807, 2.05) is 18.2 Å². The summed E-state index contributed by atoms with van der Waals surface area (Å²) in [5.74, 6) is 0. The quantitative estimate of drug-likeness (QED) is 0.337. The Morgan fingerprint density at radius 1 is 0.861 bits per heavy atom. The number of allylic oxidation sites excluding steroid dienone is 14. The van der Waals surface area contributed by atoms with Crippen molar-refractivity contribution in [2.45, 2.75) is 41.5 Å². The summed E-state index contributed by atoms with van der Waals surface area (Å²) in [6.45, 7) is 16.4. The molecule has 0 N–H and O–H groups in total. The number of aryl methyl sites for hydroxylation is 1. The Balaban J connectivity index is 0.00000456. The van der Waals surface area contributed by atoms with Crippen molar-refractivity contribution < 1.29 is 0 Å². The molecular formula is C36H40. The van der Waals surface area contributed by atoms with E-state index in [0.717, 1.165) is 12.0 Å². The molecule has 0 saturated carbocycles. The molecule has 3 rings (SSSR count). The molecule has 0 spiro atoms. The molecule has 0 unspecified atom stereocenters. The Labute approximate surface area is 218 Å². The first-order valence-corrected chi connectivity index (χ1v) is 12.2. The van der Waals surface area contributed by atoms with E-state index in [-0.39, 0.29) is 7.43 Å². The molecule has 0 nitrogen and oxygen atoms in total. The largest absolute Gasteiger partial charge is 0.0991 e. The molecule has 2 aromatic carbocycles. The van der Waals surface area contributed by atoms with Gasteiger partial charge in [-0.1, -0.05) is 124 Å². The summed E-state index contributed by atoms with van der Waals surface area (Å²) >= 11 is 0. The molecule has 0 radical (unpaired) electrons. The number of rotatable bonds is 8. The van der Waals surface area contributed by atoms with Crippen molar-refractivity contribution in [2.75, 3.05) is 0 Å². The van der Waals surface area contributed by atoms with Gasteiger partial charge in [0.1, 0.15) is 0 Å². The van der Waals surface area contributed by atoms with E-state index in [1.165, 1.54) is 49.4 Å². The van der Waals surface area contributed by atoms with Crippen molar-refractivity contribution in [3.05, 3.63) is 155 Å². The summed E-state index contributed by atoms with van der Waals surface area (Å²) in [4.78, 5) is 0. The first-order valence-electron chi connectivity index (χ1n) is 12.2. The predicted octanol–water partition coefficient (Wildman–Crippen LogP) is 8.88. The smallest absolute Gasteiger partial charge is 0.00106 e. The minimum absolute atomic E-state index is 0. The summed E-state index contributed by atoms with van der Waals surface area (Å²) in [7, 11) is 0. The second-order valence-corrected chi connectivity index (χ2v) is 8.65. The third-order valence-electron chi connectivity index (χ3n) is 6.26. The lowest BCUT2D eigenvalue weighted by Crippen LogP contribution is -2.34. The molecule has 0 bridgehead atoms. The molecule has 0 saturated heterocycles. The normalized spacial score (nSPS) is 15.6. The van der Waals surface area contributed by atoms with Crippen LogP contribution in [0.15, 0.2) is 139 Å². The van der Waals surface area contributed by atoms with Crippen molar-refractivity contribution in [1.29, 1.82) is 0 Å². The fourth-order valence-electron chi connectivity index (χ4n) is 4.54. The summed E-state index contributed by atoms with van der Waals surface area (Å²) in [6, 6.07) is 15.5. The van der Waals surface area contributed by atoms with Crippen LogP contribution in [0.25, 0.3) is 22.3 Å². The summed E-state index contributed by atoms with van der Waals surface area (Å²) in [6.07, 6.45) is 23.7. The molecule has 36 heavy (non-hydrogen) atoms. The van der Waals surface area contributed by atoms with Gasteiger partial charge in [0.05, 0.1) is 0 Å². The van der Waals surface area contributed by atoms with Crippen LogP contribution in [-0.2, 0) is 0 Å². The molecule has 0 fully saturated rings. The molecule has 0 heterocycles. The zero-order valence-electron chi connectivity index (χ0n) is 21.5. The maximum absolute atomic E-state index is 4.00. The number of benzene rings is 2. The molecule has 0 heteroatoms. The monoisotopic (exact) mass is 472 g/mol. The standard InChI is InChI=1S/C35H36.CH4/c1-7-11-17-27(6)33-25-30(20-13-9-3)35(28(16-10-4)19-12-8-2)34-24-29(22-23-32(33)34)31-21-15-14-18-26(31)5;/h7-24H,2,4,25H2,1,3,5-6H3;1H4/b11-7-,13-9-,19-12-,27-17+,28-16+,30-20+;.